The maximum absolute atomic E-state index is 12.8. The van der Waals surface area contributed by atoms with E-state index in [1.165, 1.54) is 33.5 Å². The quantitative estimate of drug-likeness (QED) is 0.488. The van der Waals surface area contributed by atoms with Crippen molar-refractivity contribution < 1.29 is 41.7 Å². The first-order chi connectivity index (χ1) is 13.5. The summed E-state index contributed by atoms with van der Waals surface area (Å²) in [6, 6.07) is 1.37. The smallest absolute Gasteiger partial charge is 0.471 e. The SMILES string of the molecule is COc1cc(C(CC(=O)OCC=C(C)C)NC(=O)C(F)(F)F)cc(OC)c1OC. The van der Waals surface area contributed by atoms with E-state index in [9.17, 15) is 22.8 Å². The van der Waals surface area contributed by atoms with E-state index in [4.69, 9.17) is 18.9 Å². The normalized spacial score (nSPS) is 11.9. The molecule has 1 unspecified atom stereocenters. The molecule has 0 radical (unpaired) electrons. The minimum absolute atomic E-state index is 0.0314. The van der Waals surface area contributed by atoms with Crippen molar-refractivity contribution in [2.45, 2.75) is 32.5 Å². The van der Waals surface area contributed by atoms with E-state index in [-0.39, 0.29) is 29.4 Å². The molecule has 10 heteroatoms. The Morgan fingerprint density at radius 2 is 1.62 bits per heavy atom. The van der Waals surface area contributed by atoms with Gasteiger partial charge in [-0.15, -0.1) is 0 Å². The molecule has 0 fully saturated rings. The van der Waals surface area contributed by atoms with Crippen molar-refractivity contribution in [3.8, 4) is 17.2 Å². The molecule has 7 nitrogen and oxygen atoms in total. The highest BCUT2D eigenvalue weighted by Gasteiger charge is 2.40. The number of benzene rings is 1. The number of amides is 1. The minimum Gasteiger partial charge on any atom is -0.493 e. The van der Waals surface area contributed by atoms with Gasteiger partial charge in [-0.05, 0) is 37.6 Å². The van der Waals surface area contributed by atoms with Gasteiger partial charge in [0, 0.05) is 0 Å². The lowest BCUT2D eigenvalue weighted by Crippen LogP contribution is -2.40. The summed E-state index contributed by atoms with van der Waals surface area (Å²) >= 11 is 0. The number of nitrogens with one attached hydrogen (secondary N) is 1. The summed E-state index contributed by atoms with van der Waals surface area (Å²) in [6.45, 7) is 3.57. The summed E-state index contributed by atoms with van der Waals surface area (Å²) in [5.74, 6) is -2.44. The molecule has 0 aliphatic carbocycles. The third-order valence-electron chi connectivity index (χ3n) is 3.76. The first-order valence-electron chi connectivity index (χ1n) is 8.50. The average molecular weight is 419 g/mol. The summed E-state index contributed by atoms with van der Waals surface area (Å²) in [4.78, 5) is 23.6. The van der Waals surface area contributed by atoms with E-state index in [0.29, 0.717) is 0 Å². The van der Waals surface area contributed by atoms with Gasteiger partial charge in [0.15, 0.2) is 11.5 Å². The summed E-state index contributed by atoms with van der Waals surface area (Å²) in [6.07, 6.45) is -4.01. The van der Waals surface area contributed by atoms with Crippen LogP contribution in [0.2, 0.25) is 0 Å². The van der Waals surface area contributed by atoms with E-state index < -0.39 is 30.5 Å². The highest BCUT2D eigenvalue weighted by molar-refractivity contribution is 5.83. The number of allylic oxidation sites excluding steroid dienone is 1. The number of rotatable bonds is 9. The second-order valence-corrected chi connectivity index (χ2v) is 6.15. The van der Waals surface area contributed by atoms with E-state index >= 15 is 0 Å². The van der Waals surface area contributed by atoms with Crippen molar-refractivity contribution in [1.29, 1.82) is 0 Å². The zero-order valence-electron chi connectivity index (χ0n) is 16.8. The Balaban J connectivity index is 3.24. The van der Waals surface area contributed by atoms with Crippen molar-refractivity contribution >= 4 is 11.9 Å². The fourth-order valence-corrected chi connectivity index (χ4v) is 2.32. The van der Waals surface area contributed by atoms with Gasteiger partial charge in [0.2, 0.25) is 5.75 Å². The number of methoxy groups -OCH3 is 3. The van der Waals surface area contributed by atoms with Crippen LogP contribution >= 0.6 is 0 Å². The maximum atomic E-state index is 12.8. The van der Waals surface area contributed by atoms with Gasteiger partial charge in [0.1, 0.15) is 6.61 Å². The Hall–Kier alpha value is -2.91. The van der Waals surface area contributed by atoms with Crippen LogP contribution in [0.15, 0.2) is 23.8 Å². The van der Waals surface area contributed by atoms with Crippen LogP contribution in [0.5, 0.6) is 17.2 Å². The molecule has 0 aliphatic heterocycles. The molecule has 0 aliphatic rings. The molecule has 0 heterocycles. The van der Waals surface area contributed by atoms with Crippen molar-refractivity contribution in [3.63, 3.8) is 0 Å². The number of esters is 1. The predicted octanol–water partition coefficient (Wildman–Crippen LogP) is 3.33. The molecular weight excluding hydrogens is 395 g/mol. The van der Waals surface area contributed by atoms with E-state index in [1.54, 1.807) is 19.9 Å². The summed E-state index contributed by atoms with van der Waals surface area (Å²) in [5.41, 5.74) is 1.06. The van der Waals surface area contributed by atoms with Crippen molar-refractivity contribution in [2.75, 3.05) is 27.9 Å². The molecule has 162 valence electrons. The Bertz CT molecular complexity index is 732. The second kappa shape index (κ2) is 10.6. The zero-order valence-corrected chi connectivity index (χ0v) is 16.8. The minimum atomic E-state index is -5.12. The van der Waals surface area contributed by atoms with Gasteiger partial charge >= 0.3 is 18.1 Å². The predicted molar refractivity (Wildman–Crippen MR) is 98.0 cm³/mol. The highest BCUT2D eigenvalue weighted by Crippen LogP contribution is 2.40. The maximum Gasteiger partial charge on any atom is 0.471 e. The lowest BCUT2D eigenvalue weighted by Gasteiger charge is -2.22. The third-order valence-corrected chi connectivity index (χ3v) is 3.76. The third kappa shape index (κ3) is 7.20. The number of halogens is 3. The number of hydrogen-bond donors (Lipinski definition) is 1. The molecule has 0 aromatic heterocycles. The van der Waals surface area contributed by atoms with Crippen LogP contribution in [0.25, 0.3) is 0 Å². The summed E-state index contributed by atoms with van der Waals surface area (Å²) < 4.78 is 58.8. The van der Waals surface area contributed by atoms with Crippen LogP contribution in [0, 0.1) is 0 Å². The van der Waals surface area contributed by atoms with Crippen molar-refractivity contribution in [1.82, 2.24) is 5.32 Å². The number of ether oxygens (including phenoxy) is 4. The lowest BCUT2D eigenvalue weighted by atomic mass is 10.0. The fraction of sp³-hybridized carbons (Fsp3) is 0.474. The van der Waals surface area contributed by atoms with Gasteiger partial charge in [-0.2, -0.15) is 13.2 Å². The molecule has 0 bridgehead atoms. The number of carbonyl (C=O) groups is 2. The Kier molecular flexibility index (Phi) is 8.81. The van der Waals surface area contributed by atoms with Gasteiger partial charge in [0.05, 0.1) is 33.8 Å². The second-order valence-electron chi connectivity index (χ2n) is 6.15. The van der Waals surface area contributed by atoms with Gasteiger partial charge in [-0.3, -0.25) is 9.59 Å². The number of carbonyl (C=O) groups excluding carboxylic acids is 2. The molecule has 1 aromatic carbocycles. The van der Waals surface area contributed by atoms with Gasteiger partial charge in [-0.1, -0.05) is 5.57 Å². The summed E-state index contributed by atoms with van der Waals surface area (Å²) in [7, 11) is 4.03. The zero-order chi connectivity index (χ0) is 22.2. The Morgan fingerprint density at radius 1 is 1.07 bits per heavy atom. The summed E-state index contributed by atoms with van der Waals surface area (Å²) in [5, 5.41) is 1.81. The molecule has 0 saturated carbocycles. The number of hydrogen-bond acceptors (Lipinski definition) is 6. The standard InChI is InChI=1S/C19H24F3NO6/c1-11(2)6-7-29-16(24)10-13(23-18(25)19(20,21)22)12-8-14(26-3)17(28-5)15(9-12)27-4/h6,8-9,13H,7,10H2,1-5H3,(H,23,25). The van der Waals surface area contributed by atoms with Crippen molar-refractivity contribution in [3.05, 3.63) is 29.3 Å². The molecule has 0 saturated heterocycles. The Labute approximate surface area is 166 Å². The molecule has 1 atom stereocenters. The van der Waals surface area contributed by atoms with Crippen LogP contribution in [0.3, 0.4) is 0 Å². The average Bonchev–Trinajstić information content (AvgIpc) is 2.64. The van der Waals surface area contributed by atoms with Crippen molar-refractivity contribution in [2.24, 2.45) is 0 Å². The molecule has 1 aromatic rings. The molecule has 0 spiro atoms. The largest absolute Gasteiger partial charge is 0.493 e. The molecule has 1 rings (SSSR count). The first-order valence-corrected chi connectivity index (χ1v) is 8.50. The van der Waals surface area contributed by atoms with Gasteiger partial charge in [-0.25, -0.2) is 0 Å². The van der Waals surface area contributed by atoms with Gasteiger partial charge < -0.3 is 24.3 Å². The lowest BCUT2D eigenvalue weighted by molar-refractivity contribution is -0.174. The molecule has 29 heavy (non-hydrogen) atoms. The molecule has 1 amide bonds. The highest BCUT2D eigenvalue weighted by atomic mass is 19.4. The molecule has 1 N–H and O–H groups in total. The van der Waals surface area contributed by atoms with Crippen LogP contribution in [-0.2, 0) is 14.3 Å². The monoisotopic (exact) mass is 419 g/mol. The number of alkyl halides is 3. The topological polar surface area (TPSA) is 83.1 Å². The van der Waals surface area contributed by atoms with Gasteiger partial charge in [0.25, 0.3) is 0 Å². The van der Waals surface area contributed by atoms with Crippen LogP contribution < -0.4 is 19.5 Å². The Morgan fingerprint density at radius 3 is 2.03 bits per heavy atom. The van der Waals surface area contributed by atoms with E-state index in [1.807, 2.05) is 5.32 Å². The first kappa shape index (κ1) is 24.1. The molecular formula is C19H24F3NO6. The van der Waals surface area contributed by atoms with E-state index in [0.717, 1.165) is 5.57 Å². The van der Waals surface area contributed by atoms with Crippen LogP contribution in [0.4, 0.5) is 13.2 Å². The van der Waals surface area contributed by atoms with Crippen LogP contribution in [0.1, 0.15) is 31.9 Å². The van der Waals surface area contributed by atoms with E-state index in [2.05, 4.69) is 0 Å². The fourth-order valence-electron chi connectivity index (χ4n) is 2.32. The van der Waals surface area contributed by atoms with Crippen LogP contribution in [-0.4, -0.2) is 46.0 Å².